The molecule has 0 aliphatic carbocycles. The zero-order valence-electron chi connectivity index (χ0n) is 9.46. The number of rotatable bonds is 4. The van der Waals surface area contributed by atoms with Crippen LogP contribution in [0.5, 0.6) is 0 Å². The number of halogens is 1. The summed E-state index contributed by atoms with van der Waals surface area (Å²) in [6, 6.07) is 12.8. The minimum atomic E-state index is 0.946. The molecule has 0 aliphatic heterocycles. The highest BCUT2D eigenvalue weighted by atomic mass is 79.9. The van der Waals surface area contributed by atoms with Crippen molar-refractivity contribution in [2.75, 3.05) is 6.54 Å². The molecule has 2 aromatic rings. The van der Waals surface area contributed by atoms with Crippen LogP contribution in [0.15, 0.2) is 40.9 Å². The summed E-state index contributed by atoms with van der Waals surface area (Å²) in [5.41, 5.74) is 1.37. The van der Waals surface area contributed by atoms with Gasteiger partial charge >= 0.3 is 0 Å². The minimum absolute atomic E-state index is 0.946. The van der Waals surface area contributed by atoms with E-state index in [0.717, 1.165) is 13.1 Å². The van der Waals surface area contributed by atoms with Crippen molar-refractivity contribution in [3.05, 3.63) is 46.4 Å². The maximum absolute atomic E-state index is 3.59. The quantitative estimate of drug-likeness (QED) is 0.830. The predicted octanol–water partition coefficient (Wildman–Crippen LogP) is 4.10. The van der Waals surface area contributed by atoms with E-state index in [1.165, 1.54) is 27.2 Å². The molecule has 0 amide bonds. The molecule has 0 atom stereocenters. The van der Waals surface area contributed by atoms with Crippen LogP contribution < -0.4 is 5.32 Å². The van der Waals surface area contributed by atoms with Gasteiger partial charge in [0, 0.05) is 11.0 Å². The van der Waals surface area contributed by atoms with Gasteiger partial charge in [0.15, 0.2) is 0 Å². The molecule has 1 nitrogen and oxygen atoms in total. The molecule has 2 rings (SSSR count). The number of fused-ring (bicyclic) bond motifs is 1. The van der Waals surface area contributed by atoms with Gasteiger partial charge in [0.05, 0.1) is 0 Å². The molecule has 0 radical (unpaired) electrons. The second-order valence-corrected chi connectivity index (χ2v) is 4.78. The van der Waals surface area contributed by atoms with Gasteiger partial charge in [-0.15, -0.1) is 0 Å². The van der Waals surface area contributed by atoms with E-state index in [9.17, 15) is 0 Å². The lowest BCUT2D eigenvalue weighted by molar-refractivity contribution is 0.678. The van der Waals surface area contributed by atoms with Gasteiger partial charge in [-0.1, -0.05) is 53.2 Å². The summed E-state index contributed by atoms with van der Waals surface area (Å²) in [6.07, 6.45) is 1.18. The van der Waals surface area contributed by atoms with Crippen LogP contribution in [-0.2, 0) is 6.54 Å². The number of hydrogen-bond acceptors (Lipinski definition) is 1. The van der Waals surface area contributed by atoms with Crippen molar-refractivity contribution < 1.29 is 0 Å². The highest BCUT2D eigenvalue weighted by Gasteiger charge is 2.02. The Kier molecular flexibility index (Phi) is 3.97. The molecule has 84 valence electrons. The van der Waals surface area contributed by atoms with Gasteiger partial charge in [-0.25, -0.2) is 0 Å². The Hall–Kier alpha value is -0.860. The van der Waals surface area contributed by atoms with Crippen LogP contribution in [0, 0.1) is 0 Å². The van der Waals surface area contributed by atoms with Crippen molar-refractivity contribution in [2.24, 2.45) is 0 Å². The molecule has 2 aromatic carbocycles. The molecule has 16 heavy (non-hydrogen) atoms. The standard InChI is InChI=1S/C14H16BrN/c1-2-9-16-10-11-7-8-14(15)13-6-4-3-5-12(11)13/h3-8,16H,2,9-10H2,1H3. The fraction of sp³-hybridized carbons (Fsp3) is 0.286. The molecule has 0 saturated carbocycles. The molecular formula is C14H16BrN. The highest BCUT2D eigenvalue weighted by Crippen LogP contribution is 2.26. The molecule has 2 heteroatoms. The van der Waals surface area contributed by atoms with Crippen LogP contribution in [0.1, 0.15) is 18.9 Å². The lowest BCUT2D eigenvalue weighted by atomic mass is 10.0. The first-order valence-corrected chi connectivity index (χ1v) is 6.49. The SMILES string of the molecule is CCCNCc1ccc(Br)c2ccccc12. The third-order valence-electron chi connectivity index (χ3n) is 2.70. The van der Waals surface area contributed by atoms with Crippen LogP contribution in [0.4, 0.5) is 0 Å². The molecule has 0 fully saturated rings. The van der Waals surface area contributed by atoms with Gasteiger partial charge in [-0.3, -0.25) is 0 Å². The van der Waals surface area contributed by atoms with Gasteiger partial charge in [0.1, 0.15) is 0 Å². The Bertz CT molecular complexity index is 479. The van der Waals surface area contributed by atoms with E-state index < -0.39 is 0 Å². The van der Waals surface area contributed by atoms with Crippen LogP contribution in [0.2, 0.25) is 0 Å². The third-order valence-corrected chi connectivity index (χ3v) is 3.39. The second-order valence-electron chi connectivity index (χ2n) is 3.93. The number of benzene rings is 2. The van der Waals surface area contributed by atoms with E-state index >= 15 is 0 Å². The first kappa shape index (κ1) is 11.6. The van der Waals surface area contributed by atoms with Crippen LogP contribution >= 0.6 is 15.9 Å². The van der Waals surface area contributed by atoms with Gasteiger partial charge < -0.3 is 5.32 Å². The Morgan fingerprint density at radius 1 is 1.06 bits per heavy atom. The van der Waals surface area contributed by atoms with Crippen LogP contribution in [0.3, 0.4) is 0 Å². The first-order valence-electron chi connectivity index (χ1n) is 5.69. The third kappa shape index (κ3) is 2.45. The summed E-state index contributed by atoms with van der Waals surface area (Å²) in [5, 5.41) is 6.07. The van der Waals surface area contributed by atoms with Gasteiger partial charge in [-0.05, 0) is 35.4 Å². The first-order chi connectivity index (χ1) is 7.83. The summed E-state index contributed by atoms with van der Waals surface area (Å²) < 4.78 is 1.17. The zero-order valence-corrected chi connectivity index (χ0v) is 11.0. The highest BCUT2D eigenvalue weighted by molar-refractivity contribution is 9.10. The summed E-state index contributed by atoms with van der Waals surface area (Å²) in [4.78, 5) is 0. The van der Waals surface area contributed by atoms with E-state index in [-0.39, 0.29) is 0 Å². The van der Waals surface area contributed by atoms with Crippen molar-refractivity contribution >= 4 is 26.7 Å². The van der Waals surface area contributed by atoms with E-state index in [1.54, 1.807) is 0 Å². The average Bonchev–Trinajstić information content (AvgIpc) is 2.33. The lowest BCUT2D eigenvalue weighted by Gasteiger charge is -2.08. The normalized spacial score (nSPS) is 10.9. The summed E-state index contributed by atoms with van der Waals surface area (Å²) in [5.74, 6) is 0. The van der Waals surface area contributed by atoms with E-state index in [0.29, 0.717) is 0 Å². The number of hydrogen-bond donors (Lipinski definition) is 1. The largest absolute Gasteiger partial charge is 0.313 e. The Morgan fingerprint density at radius 2 is 1.81 bits per heavy atom. The van der Waals surface area contributed by atoms with E-state index in [1.807, 2.05) is 0 Å². The summed E-state index contributed by atoms with van der Waals surface area (Å²) >= 11 is 3.59. The summed E-state index contributed by atoms with van der Waals surface area (Å²) in [6.45, 7) is 4.21. The maximum atomic E-state index is 3.59. The molecule has 0 unspecified atom stereocenters. The minimum Gasteiger partial charge on any atom is -0.313 e. The maximum Gasteiger partial charge on any atom is 0.0253 e. The number of nitrogens with one attached hydrogen (secondary N) is 1. The second kappa shape index (κ2) is 5.46. The van der Waals surface area contributed by atoms with Crippen LogP contribution in [-0.4, -0.2) is 6.54 Å². The molecule has 0 heterocycles. The monoisotopic (exact) mass is 277 g/mol. The molecule has 0 aromatic heterocycles. The topological polar surface area (TPSA) is 12.0 Å². The van der Waals surface area contributed by atoms with Crippen LogP contribution in [0.25, 0.3) is 10.8 Å². The molecule has 0 spiro atoms. The van der Waals surface area contributed by atoms with Gasteiger partial charge in [0.25, 0.3) is 0 Å². The molecule has 0 bridgehead atoms. The molecular weight excluding hydrogens is 262 g/mol. The van der Waals surface area contributed by atoms with Crippen molar-refractivity contribution in [1.29, 1.82) is 0 Å². The van der Waals surface area contributed by atoms with E-state index in [4.69, 9.17) is 0 Å². The van der Waals surface area contributed by atoms with Crippen molar-refractivity contribution in [3.8, 4) is 0 Å². The average molecular weight is 278 g/mol. The van der Waals surface area contributed by atoms with Crippen molar-refractivity contribution in [3.63, 3.8) is 0 Å². The van der Waals surface area contributed by atoms with E-state index in [2.05, 4.69) is 64.6 Å². The fourth-order valence-electron chi connectivity index (χ4n) is 1.88. The lowest BCUT2D eigenvalue weighted by Crippen LogP contribution is -2.13. The Morgan fingerprint density at radius 3 is 2.56 bits per heavy atom. The molecule has 0 aliphatic rings. The van der Waals surface area contributed by atoms with Gasteiger partial charge in [-0.2, -0.15) is 0 Å². The molecule has 0 saturated heterocycles. The summed E-state index contributed by atoms with van der Waals surface area (Å²) in [7, 11) is 0. The van der Waals surface area contributed by atoms with Crippen molar-refractivity contribution in [2.45, 2.75) is 19.9 Å². The predicted molar refractivity (Wildman–Crippen MR) is 73.6 cm³/mol. The Labute approximate surface area is 105 Å². The fourth-order valence-corrected chi connectivity index (χ4v) is 2.36. The Balaban J connectivity index is 2.35. The molecule has 1 N–H and O–H groups in total. The smallest absolute Gasteiger partial charge is 0.0253 e. The zero-order chi connectivity index (χ0) is 11.4. The van der Waals surface area contributed by atoms with Crippen molar-refractivity contribution in [1.82, 2.24) is 5.32 Å². The van der Waals surface area contributed by atoms with Gasteiger partial charge in [0.2, 0.25) is 0 Å².